The lowest BCUT2D eigenvalue weighted by Crippen LogP contribution is -2.48. The Hall–Kier alpha value is -1.30. The zero-order valence-corrected chi connectivity index (χ0v) is 9.29. The third-order valence-electron chi connectivity index (χ3n) is 2.01. The van der Waals surface area contributed by atoms with Crippen LogP contribution in [0.25, 0.3) is 0 Å². The lowest BCUT2D eigenvalue weighted by atomic mass is 9.93. The van der Waals surface area contributed by atoms with E-state index in [2.05, 4.69) is 0 Å². The molecule has 7 heteroatoms. The van der Waals surface area contributed by atoms with Crippen molar-refractivity contribution >= 4 is 35.1 Å². The van der Waals surface area contributed by atoms with E-state index < -0.39 is 17.5 Å². The molecule has 0 aliphatic rings. The van der Waals surface area contributed by atoms with Crippen LogP contribution in [0, 0.1) is 0 Å². The first kappa shape index (κ1) is 12.8. The van der Waals surface area contributed by atoms with Gasteiger partial charge in [-0.2, -0.15) is 0 Å². The average Bonchev–Trinajstić information content (AvgIpc) is 2.20. The van der Waals surface area contributed by atoms with Gasteiger partial charge in [0.1, 0.15) is 0 Å². The van der Waals surface area contributed by atoms with Crippen molar-refractivity contribution in [2.75, 3.05) is 0 Å². The second-order valence-corrected chi connectivity index (χ2v) is 3.77. The monoisotopic (exact) mass is 263 g/mol. The molecule has 4 N–H and O–H groups in total. The highest BCUT2D eigenvalue weighted by atomic mass is 35.5. The fourth-order valence-electron chi connectivity index (χ4n) is 1.14. The highest BCUT2D eigenvalue weighted by Crippen LogP contribution is 2.33. The summed E-state index contributed by atoms with van der Waals surface area (Å²) in [4.78, 5) is 21.9. The molecule has 5 nitrogen and oxygen atoms in total. The Labute approximate surface area is 100 Å². The van der Waals surface area contributed by atoms with E-state index in [-0.39, 0.29) is 15.6 Å². The number of aliphatic hydroxyl groups is 1. The quantitative estimate of drug-likeness (QED) is 0.701. The van der Waals surface area contributed by atoms with Crippen LogP contribution in [-0.2, 0) is 15.2 Å². The summed E-state index contributed by atoms with van der Waals surface area (Å²) in [5.74, 6) is -3.26. The summed E-state index contributed by atoms with van der Waals surface area (Å²) < 4.78 is 0. The van der Waals surface area contributed by atoms with Crippen LogP contribution in [-0.4, -0.2) is 22.1 Å². The van der Waals surface area contributed by atoms with Crippen molar-refractivity contribution < 1.29 is 19.8 Å². The highest BCUT2D eigenvalue weighted by Gasteiger charge is 2.46. The fraction of sp³-hybridized carbons (Fsp3) is 0.111. The normalized spacial score (nSPS) is 14.2. The molecule has 1 aromatic rings. The molecule has 86 valence electrons. The molecule has 1 atom stereocenters. The number of carbonyl (C=O) groups is 2. The standard InChI is InChI=1S/C9H7Cl2NO4/c10-5-3-1-2-4(6(5)11)9(16,7(12)13)8(14)15/h1-3,16H,(H2,12,13)(H,14,15). The van der Waals surface area contributed by atoms with Gasteiger partial charge in [-0.3, -0.25) is 4.79 Å². The van der Waals surface area contributed by atoms with Crippen molar-refractivity contribution in [2.24, 2.45) is 5.73 Å². The van der Waals surface area contributed by atoms with E-state index in [1.165, 1.54) is 12.1 Å². The number of carboxylic acid groups (broad SMARTS) is 1. The van der Waals surface area contributed by atoms with E-state index in [4.69, 9.17) is 34.0 Å². The van der Waals surface area contributed by atoms with Crippen molar-refractivity contribution in [2.45, 2.75) is 5.60 Å². The van der Waals surface area contributed by atoms with Gasteiger partial charge in [0.05, 0.1) is 10.0 Å². The van der Waals surface area contributed by atoms with E-state index in [1.807, 2.05) is 0 Å². The number of rotatable bonds is 3. The van der Waals surface area contributed by atoms with Crippen LogP contribution in [0.2, 0.25) is 10.0 Å². The third-order valence-corrected chi connectivity index (χ3v) is 2.83. The van der Waals surface area contributed by atoms with Crippen LogP contribution in [0.5, 0.6) is 0 Å². The number of carboxylic acids is 1. The molecule has 0 aromatic heterocycles. The fourth-order valence-corrected chi connectivity index (χ4v) is 1.57. The van der Waals surface area contributed by atoms with Gasteiger partial charge in [0.2, 0.25) is 0 Å². The van der Waals surface area contributed by atoms with E-state index in [0.717, 1.165) is 6.07 Å². The highest BCUT2D eigenvalue weighted by molar-refractivity contribution is 6.42. The average molecular weight is 264 g/mol. The molecule has 0 fully saturated rings. The summed E-state index contributed by atoms with van der Waals surface area (Å²) >= 11 is 11.3. The first-order chi connectivity index (χ1) is 7.31. The maximum atomic E-state index is 11.0. The Bertz CT molecular complexity index is 447. The van der Waals surface area contributed by atoms with Gasteiger partial charge in [-0.1, -0.05) is 35.3 Å². The molecule has 0 radical (unpaired) electrons. The van der Waals surface area contributed by atoms with Gasteiger partial charge in [0.25, 0.3) is 11.5 Å². The van der Waals surface area contributed by atoms with Crippen molar-refractivity contribution in [3.05, 3.63) is 33.8 Å². The second-order valence-electron chi connectivity index (χ2n) is 2.98. The van der Waals surface area contributed by atoms with Gasteiger partial charge in [-0.25, -0.2) is 4.79 Å². The molecule has 0 saturated heterocycles. The van der Waals surface area contributed by atoms with Gasteiger partial charge in [0.15, 0.2) is 0 Å². The van der Waals surface area contributed by atoms with Crippen LogP contribution in [0.1, 0.15) is 5.56 Å². The number of primary amides is 1. The Morgan fingerprint density at radius 3 is 2.31 bits per heavy atom. The summed E-state index contributed by atoms with van der Waals surface area (Å²) in [5.41, 5.74) is 1.60. The Morgan fingerprint density at radius 1 is 1.31 bits per heavy atom. The second kappa shape index (κ2) is 4.29. The van der Waals surface area contributed by atoms with Crippen molar-refractivity contribution in [1.82, 2.24) is 0 Å². The zero-order chi connectivity index (χ0) is 12.5. The topological polar surface area (TPSA) is 101 Å². The number of carbonyl (C=O) groups excluding carboxylic acids is 1. The summed E-state index contributed by atoms with van der Waals surface area (Å²) in [6, 6.07) is 3.89. The molecule has 1 unspecified atom stereocenters. The minimum absolute atomic E-state index is 0.0140. The van der Waals surface area contributed by atoms with E-state index in [1.54, 1.807) is 0 Å². The molecule has 0 aliphatic carbocycles. The number of halogens is 2. The molecule has 1 aromatic carbocycles. The Kier molecular flexibility index (Phi) is 3.42. The zero-order valence-electron chi connectivity index (χ0n) is 7.78. The largest absolute Gasteiger partial charge is 0.478 e. The number of hydrogen-bond acceptors (Lipinski definition) is 3. The number of benzene rings is 1. The number of hydrogen-bond donors (Lipinski definition) is 3. The molecule has 0 aliphatic heterocycles. The Balaban J connectivity index is 3.51. The van der Waals surface area contributed by atoms with Gasteiger partial charge < -0.3 is 15.9 Å². The number of amides is 1. The van der Waals surface area contributed by atoms with Gasteiger partial charge in [-0.15, -0.1) is 0 Å². The molecule has 1 rings (SSSR count). The summed E-state index contributed by atoms with van der Waals surface area (Å²) in [5, 5.41) is 18.3. The molecule has 0 heterocycles. The summed E-state index contributed by atoms with van der Waals surface area (Å²) in [7, 11) is 0. The molecular weight excluding hydrogens is 257 g/mol. The van der Waals surface area contributed by atoms with Crippen LogP contribution in [0.3, 0.4) is 0 Å². The minimum Gasteiger partial charge on any atom is -0.478 e. The van der Waals surface area contributed by atoms with E-state index >= 15 is 0 Å². The van der Waals surface area contributed by atoms with Crippen molar-refractivity contribution in [3.63, 3.8) is 0 Å². The van der Waals surface area contributed by atoms with Crippen LogP contribution < -0.4 is 5.73 Å². The van der Waals surface area contributed by atoms with Crippen LogP contribution in [0.15, 0.2) is 18.2 Å². The molecule has 16 heavy (non-hydrogen) atoms. The predicted molar refractivity (Wildman–Crippen MR) is 57.2 cm³/mol. The molecular formula is C9H7Cl2NO4. The summed E-state index contributed by atoms with van der Waals surface area (Å²) in [6.07, 6.45) is 0. The number of aliphatic carboxylic acids is 1. The van der Waals surface area contributed by atoms with Crippen molar-refractivity contribution in [3.8, 4) is 0 Å². The van der Waals surface area contributed by atoms with E-state index in [9.17, 15) is 14.7 Å². The van der Waals surface area contributed by atoms with Gasteiger partial charge in [-0.05, 0) is 6.07 Å². The first-order valence-electron chi connectivity index (χ1n) is 4.02. The lowest BCUT2D eigenvalue weighted by molar-refractivity contribution is -0.166. The van der Waals surface area contributed by atoms with Crippen LogP contribution in [0.4, 0.5) is 0 Å². The third kappa shape index (κ3) is 1.84. The molecule has 1 amide bonds. The first-order valence-corrected chi connectivity index (χ1v) is 4.77. The molecule has 0 bridgehead atoms. The molecule has 0 spiro atoms. The maximum absolute atomic E-state index is 11.0. The molecule has 0 saturated carbocycles. The SMILES string of the molecule is NC(=O)C(O)(C(=O)O)c1cccc(Cl)c1Cl. The number of nitrogens with two attached hydrogens (primary N) is 1. The smallest absolute Gasteiger partial charge is 0.350 e. The Morgan fingerprint density at radius 2 is 1.88 bits per heavy atom. The summed E-state index contributed by atoms with van der Waals surface area (Å²) in [6.45, 7) is 0. The maximum Gasteiger partial charge on any atom is 0.350 e. The minimum atomic E-state index is -2.89. The van der Waals surface area contributed by atoms with Crippen molar-refractivity contribution in [1.29, 1.82) is 0 Å². The lowest BCUT2D eigenvalue weighted by Gasteiger charge is -2.21. The van der Waals surface area contributed by atoms with E-state index in [0.29, 0.717) is 0 Å². The van der Waals surface area contributed by atoms with Gasteiger partial charge >= 0.3 is 5.97 Å². The van der Waals surface area contributed by atoms with Crippen LogP contribution >= 0.6 is 23.2 Å². The van der Waals surface area contributed by atoms with Gasteiger partial charge in [0, 0.05) is 5.56 Å². The predicted octanol–water partition coefficient (Wildman–Crippen LogP) is 0.751.